The van der Waals surface area contributed by atoms with Gasteiger partial charge in [-0.1, -0.05) is 13.0 Å². The molecule has 3 heterocycles. The van der Waals surface area contributed by atoms with Crippen LogP contribution < -0.4 is 15.4 Å². The molecule has 1 fully saturated rings. The van der Waals surface area contributed by atoms with Crippen LogP contribution in [0.1, 0.15) is 41.9 Å². The topological polar surface area (TPSA) is 124 Å². The number of halogens is 1. The van der Waals surface area contributed by atoms with Gasteiger partial charge in [-0.15, -0.1) is 0 Å². The highest BCUT2D eigenvalue weighted by molar-refractivity contribution is 6.03. The summed E-state index contributed by atoms with van der Waals surface area (Å²) in [6.07, 6.45) is 6.22. The Bertz CT molecular complexity index is 1370. The van der Waals surface area contributed by atoms with E-state index in [0.29, 0.717) is 37.4 Å². The second-order valence-corrected chi connectivity index (χ2v) is 10.4. The number of aromatic nitrogens is 2. The summed E-state index contributed by atoms with van der Waals surface area (Å²) in [5.74, 6) is -0.602. The minimum Gasteiger partial charge on any atom is -0.495 e. The third-order valence-corrected chi connectivity index (χ3v) is 7.74. The average molecular weight is 548 g/mol. The Morgan fingerprint density at radius 3 is 2.75 bits per heavy atom. The normalized spacial score (nSPS) is 18.4. The number of carbonyl (C=O) groups excluding carboxylic acids is 2. The van der Waals surface area contributed by atoms with Crippen molar-refractivity contribution in [1.29, 1.82) is 5.41 Å². The number of methoxy groups -OCH3 is 1. The van der Waals surface area contributed by atoms with Crippen molar-refractivity contribution >= 4 is 24.0 Å². The Kier molecular flexibility index (Phi) is 8.43. The summed E-state index contributed by atoms with van der Waals surface area (Å²) in [6, 6.07) is 11.4. The number of ether oxygens (including phenoxy) is 1. The lowest BCUT2D eigenvalue weighted by Crippen LogP contribution is -2.58. The smallest absolute Gasteiger partial charge is 0.274 e. The quantitative estimate of drug-likeness (QED) is 0.212. The van der Waals surface area contributed by atoms with E-state index in [1.165, 1.54) is 38.6 Å². The number of hydrogen-bond acceptors (Lipinski definition) is 7. The van der Waals surface area contributed by atoms with E-state index in [4.69, 9.17) is 10.1 Å². The van der Waals surface area contributed by atoms with Gasteiger partial charge in [-0.25, -0.2) is 9.37 Å². The van der Waals surface area contributed by atoms with Gasteiger partial charge in [-0.05, 0) is 61.9 Å². The Morgan fingerprint density at radius 1 is 1.30 bits per heavy atom. The Balaban J connectivity index is 1.66. The van der Waals surface area contributed by atoms with E-state index < -0.39 is 22.7 Å². The van der Waals surface area contributed by atoms with Gasteiger partial charge in [0.15, 0.2) is 5.96 Å². The van der Waals surface area contributed by atoms with Crippen molar-refractivity contribution in [3.05, 3.63) is 83.7 Å². The molecule has 2 amide bonds. The molecule has 0 spiro atoms. The van der Waals surface area contributed by atoms with Crippen molar-refractivity contribution in [2.24, 2.45) is 5.41 Å². The summed E-state index contributed by atoms with van der Waals surface area (Å²) in [4.78, 5) is 36.0. The number of rotatable bonds is 9. The highest BCUT2D eigenvalue weighted by Gasteiger charge is 2.51. The number of benzene rings is 1. The number of hydrogen-bond donors (Lipinski definition) is 3. The first-order valence-electron chi connectivity index (χ1n) is 12.9. The van der Waals surface area contributed by atoms with Crippen molar-refractivity contribution in [3.8, 4) is 5.75 Å². The molecule has 0 aliphatic carbocycles. The SMILES string of the molecule is COc1ccc(C(=O)Nc2ccc(F)c([C@@](C)(NC(=N)N(C)C=O)[C@@]3(C)CCN(Cc4cccnc4)C3)c2)nc1. The Labute approximate surface area is 233 Å². The average Bonchev–Trinajstić information content (AvgIpc) is 3.35. The van der Waals surface area contributed by atoms with Crippen molar-refractivity contribution in [2.45, 2.75) is 32.4 Å². The highest BCUT2D eigenvalue weighted by atomic mass is 19.1. The number of carbonyl (C=O) groups is 2. The van der Waals surface area contributed by atoms with Crippen LogP contribution in [0.15, 0.2) is 61.1 Å². The molecule has 0 saturated carbocycles. The van der Waals surface area contributed by atoms with Crippen LogP contribution in [0, 0.1) is 16.6 Å². The number of pyridine rings is 2. The fourth-order valence-electron chi connectivity index (χ4n) is 5.09. The number of guanidine groups is 1. The number of nitrogens with zero attached hydrogens (tertiary/aromatic N) is 4. The van der Waals surface area contributed by atoms with Crippen molar-refractivity contribution in [2.75, 3.05) is 32.6 Å². The Hall–Kier alpha value is -4.38. The third kappa shape index (κ3) is 5.94. The van der Waals surface area contributed by atoms with Crippen LogP contribution in [0.4, 0.5) is 10.1 Å². The van der Waals surface area contributed by atoms with Crippen LogP contribution in [0.5, 0.6) is 5.75 Å². The van der Waals surface area contributed by atoms with Gasteiger partial charge in [0.2, 0.25) is 6.41 Å². The summed E-state index contributed by atoms with van der Waals surface area (Å²) in [6.45, 7) is 5.90. The zero-order chi connectivity index (χ0) is 28.9. The first kappa shape index (κ1) is 28.6. The largest absolute Gasteiger partial charge is 0.495 e. The molecule has 2 atom stereocenters. The molecular weight excluding hydrogens is 513 g/mol. The van der Waals surface area contributed by atoms with E-state index in [0.717, 1.165) is 17.0 Å². The molecule has 3 aromatic rings. The molecule has 0 radical (unpaired) electrons. The molecule has 0 bridgehead atoms. The first-order chi connectivity index (χ1) is 19.1. The number of likely N-dealkylation sites (tertiary alicyclic amines) is 1. The Morgan fingerprint density at radius 2 is 2.10 bits per heavy atom. The van der Waals surface area contributed by atoms with Crippen molar-refractivity contribution < 1.29 is 18.7 Å². The standard InChI is InChI=1S/C29H34FN7O3/c1-28(11-13-37(18-28)17-20-6-5-12-32-15-20)29(2,35-27(31)36(3)19-38)23-14-21(7-9-24(23)30)34-26(39)25-10-8-22(40-4)16-33-25/h5-10,12,14-16,19H,11,13,17-18H2,1-4H3,(H2,31,35)(H,34,39)/t28-,29+/m0/s1. The maximum Gasteiger partial charge on any atom is 0.274 e. The summed E-state index contributed by atoms with van der Waals surface area (Å²) in [5.41, 5.74) is 0.188. The van der Waals surface area contributed by atoms with Crippen LogP contribution in [0.3, 0.4) is 0 Å². The van der Waals surface area contributed by atoms with Gasteiger partial charge in [0.25, 0.3) is 5.91 Å². The predicted octanol–water partition coefficient (Wildman–Crippen LogP) is 3.62. The number of nitrogens with one attached hydrogen (secondary N) is 3. The minimum atomic E-state index is -1.13. The van der Waals surface area contributed by atoms with Gasteiger partial charge in [-0.2, -0.15) is 0 Å². The molecule has 11 heteroatoms. The fraction of sp³-hybridized carbons (Fsp3) is 0.345. The molecule has 4 rings (SSSR count). The second-order valence-electron chi connectivity index (χ2n) is 10.4. The van der Waals surface area contributed by atoms with E-state index in [9.17, 15) is 9.59 Å². The number of anilines is 1. The maximum atomic E-state index is 15.7. The molecule has 2 aromatic heterocycles. The maximum absolute atomic E-state index is 15.7. The molecule has 0 unspecified atom stereocenters. The molecule has 40 heavy (non-hydrogen) atoms. The number of amides is 2. The lowest BCUT2D eigenvalue weighted by atomic mass is 9.67. The predicted molar refractivity (Wildman–Crippen MR) is 149 cm³/mol. The highest BCUT2D eigenvalue weighted by Crippen LogP contribution is 2.48. The van der Waals surface area contributed by atoms with E-state index in [2.05, 4.69) is 25.5 Å². The third-order valence-electron chi connectivity index (χ3n) is 7.74. The molecule has 1 saturated heterocycles. The van der Waals surface area contributed by atoms with Gasteiger partial charge in [-0.3, -0.25) is 29.8 Å². The van der Waals surface area contributed by atoms with Gasteiger partial charge < -0.3 is 15.4 Å². The van der Waals surface area contributed by atoms with Crippen LogP contribution >= 0.6 is 0 Å². The molecular formula is C29H34FN7O3. The van der Waals surface area contributed by atoms with Gasteiger partial charge in [0, 0.05) is 49.2 Å². The monoisotopic (exact) mass is 547 g/mol. The van der Waals surface area contributed by atoms with Gasteiger partial charge >= 0.3 is 0 Å². The van der Waals surface area contributed by atoms with E-state index >= 15 is 4.39 Å². The first-order valence-corrected chi connectivity index (χ1v) is 12.9. The van der Waals surface area contributed by atoms with Crippen molar-refractivity contribution in [3.63, 3.8) is 0 Å². The minimum absolute atomic E-state index is 0.166. The van der Waals surface area contributed by atoms with Gasteiger partial charge in [0.1, 0.15) is 17.3 Å². The molecule has 210 valence electrons. The van der Waals surface area contributed by atoms with E-state index in [-0.39, 0.29) is 17.2 Å². The molecule has 1 aliphatic heterocycles. The lowest BCUT2D eigenvalue weighted by Gasteiger charge is -2.46. The zero-order valence-electron chi connectivity index (χ0n) is 23.1. The van der Waals surface area contributed by atoms with Crippen molar-refractivity contribution in [1.82, 2.24) is 25.1 Å². The summed E-state index contributed by atoms with van der Waals surface area (Å²) in [5, 5.41) is 14.5. The zero-order valence-corrected chi connectivity index (χ0v) is 23.1. The molecule has 10 nitrogen and oxygen atoms in total. The summed E-state index contributed by atoms with van der Waals surface area (Å²) < 4.78 is 20.8. The van der Waals surface area contributed by atoms with Crippen LogP contribution in [-0.2, 0) is 16.9 Å². The molecule has 3 N–H and O–H groups in total. The fourth-order valence-corrected chi connectivity index (χ4v) is 5.09. The lowest BCUT2D eigenvalue weighted by molar-refractivity contribution is -0.114. The van der Waals surface area contributed by atoms with Gasteiger partial charge in [0.05, 0.1) is 18.8 Å². The van der Waals surface area contributed by atoms with Crippen LogP contribution in [0.25, 0.3) is 0 Å². The molecule has 1 aromatic carbocycles. The summed E-state index contributed by atoms with van der Waals surface area (Å²) in [7, 11) is 2.97. The van der Waals surface area contributed by atoms with Crippen LogP contribution in [0.2, 0.25) is 0 Å². The summed E-state index contributed by atoms with van der Waals surface area (Å²) >= 11 is 0. The van der Waals surface area contributed by atoms with Crippen LogP contribution in [-0.4, -0.2) is 65.3 Å². The van der Waals surface area contributed by atoms with E-state index in [1.807, 2.05) is 32.2 Å². The molecule has 1 aliphatic rings. The second kappa shape index (κ2) is 11.8. The van der Waals surface area contributed by atoms with E-state index in [1.54, 1.807) is 18.3 Å².